The monoisotopic (exact) mass is 268 g/mol. The van der Waals surface area contributed by atoms with Gasteiger partial charge in [0.1, 0.15) is 0 Å². The largest absolute Gasteiger partial charge is 0.269 e. The van der Waals surface area contributed by atoms with Gasteiger partial charge in [-0.05, 0) is 42.2 Å². The summed E-state index contributed by atoms with van der Waals surface area (Å²) >= 11 is 0. The van der Waals surface area contributed by atoms with Crippen LogP contribution in [0.25, 0.3) is 22.2 Å². The van der Waals surface area contributed by atoms with Crippen LogP contribution < -0.4 is 0 Å². The van der Waals surface area contributed by atoms with Crippen LogP contribution >= 0.6 is 0 Å². The lowest BCUT2D eigenvalue weighted by molar-refractivity contribution is -0.384. The Morgan fingerprint density at radius 1 is 1.20 bits per heavy atom. The summed E-state index contributed by atoms with van der Waals surface area (Å²) in [7, 11) is 0. The number of H-pyrrole nitrogens is 1. The minimum atomic E-state index is -0.385. The summed E-state index contributed by atoms with van der Waals surface area (Å²) in [6.45, 7) is 3.84. The first kappa shape index (κ1) is 12.3. The maximum absolute atomic E-state index is 10.8. The molecule has 0 spiro atoms. The number of pyridine rings is 1. The Balaban J connectivity index is 2.28. The van der Waals surface area contributed by atoms with Gasteiger partial charge in [-0.3, -0.25) is 15.2 Å². The van der Waals surface area contributed by atoms with Gasteiger partial charge in [0.05, 0.1) is 11.1 Å². The van der Waals surface area contributed by atoms with Crippen molar-refractivity contribution in [1.82, 2.24) is 15.2 Å². The smallest absolute Gasteiger partial charge is 0.261 e. The van der Waals surface area contributed by atoms with Crippen LogP contribution in [0.4, 0.5) is 5.69 Å². The summed E-state index contributed by atoms with van der Waals surface area (Å²) in [4.78, 5) is 14.7. The number of aromatic amines is 1. The lowest BCUT2D eigenvalue weighted by Gasteiger charge is -2.10. The second-order valence-corrected chi connectivity index (χ2v) is 4.70. The summed E-state index contributed by atoms with van der Waals surface area (Å²) < 4.78 is 0. The fourth-order valence-corrected chi connectivity index (χ4v) is 2.40. The third kappa shape index (κ3) is 1.82. The van der Waals surface area contributed by atoms with Crippen molar-refractivity contribution >= 4 is 16.7 Å². The Morgan fingerprint density at radius 2 is 2.00 bits per heavy atom. The van der Waals surface area contributed by atoms with E-state index in [1.807, 2.05) is 13.8 Å². The highest BCUT2D eigenvalue weighted by Gasteiger charge is 2.14. The molecule has 1 N–H and O–H groups in total. The number of hydrogen-bond donors (Lipinski definition) is 1. The van der Waals surface area contributed by atoms with Gasteiger partial charge in [-0.15, -0.1) is 0 Å². The Hall–Kier alpha value is -2.76. The summed E-state index contributed by atoms with van der Waals surface area (Å²) in [6.07, 6.45) is 3.50. The molecular weight excluding hydrogens is 256 g/mol. The normalized spacial score (nSPS) is 10.9. The van der Waals surface area contributed by atoms with E-state index in [4.69, 9.17) is 0 Å². The standard InChI is InChI=1S/C14H12N4O2/c1-8-5-10(18(19)20)3-4-11(8)13-9(2)6-15-14-12(13)7-16-17-14/h3-7H,1-2H3,(H,15,16,17). The number of nitro benzene ring substituents is 1. The zero-order valence-corrected chi connectivity index (χ0v) is 11.0. The van der Waals surface area contributed by atoms with Crippen molar-refractivity contribution in [2.75, 3.05) is 0 Å². The Labute approximate surface area is 114 Å². The summed E-state index contributed by atoms with van der Waals surface area (Å²) in [6, 6.07) is 4.89. The highest BCUT2D eigenvalue weighted by molar-refractivity contribution is 5.94. The highest BCUT2D eigenvalue weighted by atomic mass is 16.6. The van der Waals surface area contributed by atoms with Crippen LogP contribution in [0.5, 0.6) is 0 Å². The topological polar surface area (TPSA) is 84.7 Å². The third-order valence-corrected chi connectivity index (χ3v) is 3.36. The number of nitrogens with one attached hydrogen (secondary N) is 1. The minimum absolute atomic E-state index is 0.0985. The Morgan fingerprint density at radius 3 is 2.70 bits per heavy atom. The van der Waals surface area contributed by atoms with Crippen molar-refractivity contribution in [2.45, 2.75) is 13.8 Å². The average molecular weight is 268 g/mol. The fourth-order valence-electron chi connectivity index (χ4n) is 2.40. The number of nitro groups is 1. The van der Waals surface area contributed by atoms with Gasteiger partial charge in [-0.25, -0.2) is 4.98 Å². The molecule has 0 saturated heterocycles. The summed E-state index contributed by atoms with van der Waals surface area (Å²) in [5, 5.41) is 18.6. The number of hydrogen-bond acceptors (Lipinski definition) is 4. The molecule has 0 fully saturated rings. The van der Waals surface area contributed by atoms with Crippen LogP contribution in [-0.4, -0.2) is 20.1 Å². The van der Waals surface area contributed by atoms with Crippen molar-refractivity contribution in [2.24, 2.45) is 0 Å². The predicted octanol–water partition coefficient (Wildman–Crippen LogP) is 3.15. The van der Waals surface area contributed by atoms with Gasteiger partial charge < -0.3 is 0 Å². The lowest BCUT2D eigenvalue weighted by atomic mass is 9.95. The molecule has 0 aliphatic rings. The van der Waals surface area contributed by atoms with Gasteiger partial charge in [0.2, 0.25) is 0 Å². The first-order valence-electron chi connectivity index (χ1n) is 6.12. The molecule has 100 valence electrons. The number of benzene rings is 1. The van der Waals surface area contributed by atoms with Crippen LogP contribution in [0, 0.1) is 24.0 Å². The van der Waals surface area contributed by atoms with Crippen molar-refractivity contribution in [1.29, 1.82) is 0 Å². The van der Waals surface area contributed by atoms with Crippen molar-refractivity contribution in [3.8, 4) is 11.1 Å². The number of aromatic nitrogens is 3. The molecule has 6 nitrogen and oxygen atoms in total. The molecule has 0 atom stereocenters. The molecule has 3 aromatic rings. The van der Waals surface area contributed by atoms with E-state index in [1.54, 1.807) is 24.5 Å². The molecule has 2 aromatic heterocycles. The number of fused-ring (bicyclic) bond motifs is 1. The van der Waals surface area contributed by atoms with E-state index in [0.717, 1.165) is 27.6 Å². The van der Waals surface area contributed by atoms with Gasteiger partial charge in [0.15, 0.2) is 5.65 Å². The van der Waals surface area contributed by atoms with Gasteiger partial charge in [0.25, 0.3) is 5.69 Å². The number of non-ortho nitro benzene ring substituents is 1. The van der Waals surface area contributed by atoms with E-state index in [9.17, 15) is 10.1 Å². The molecule has 0 saturated carbocycles. The molecule has 0 aliphatic carbocycles. The lowest BCUT2D eigenvalue weighted by Crippen LogP contribution is -1.93. The summed E-state index contributed by atoms with van der Waals surface area (Å²) in [5.41, 5.74) is 4.65. The fraction of sp³-hybridized carbons (Fsp3) is 0.143. The molecule has 1 aromatic carbocycles. The van der Waals surface area contributed by atoms with Gasteiger partial charge >= 0.3 is 0 Å². The number of aryl methyl sites for hydroxylation is 2. The number of nitrogens with zero attached hydrogens (tertiary/aromatic N) is 3. The molecule has 0 aliphatic heterocycles. The minimum Gasteiger partial charge on any atom is -0.261 e. The van der Waals surface area contributed by atoms with E-state index in [2.05, 4.69) is 15.2 Å². The molecule has 0 unspecified atom stereocenters. The Bertz CT molecular complexity index is 823. The first-order chi connectivity index (χ1) is 9.58. The SMILES string of the molecule is Cc1cc([N+](=O)[O-])ccc1-c1c(C)cnc2[nH]ncc12. The van der Waals surface area contributed by atoms with Crippen LogP contribution in [0.2, 0.25) is 0 Å². The molecule has 0 radical (unpaired) electrons. The van der Waals surface area contributed by atoms with E-state index in [-0.39, 0.29) is 10.6 Å². The van der Waals surface area contributed by atoms with E-state index in [1.165, 1.54) is 6.07 Å². The maximum atomic E-state index is 10.8. The van der Waals surface area contributed by atoms with Crippen LogP contribution in [0.15, 0.2) is 30.6 Å². The summed E-state index contributed by atoms with van der Waals surface area (Å²) in [5.74, 6) is 0. The molecule has 3 rings (SSSR count). The van der Waals surface area contributed by atoms with Gasteiger partial charge in [-0.1, -0.05) is 0 Å². The zero-order valence-electron chi connectivity index (χ0n) is 11.0. The van der Waals surface area contributed by atoms with Crippen LogP contribution in [0.3, 0.4) is 0 Å². The first-order valence-corrected chi connectivity index (χ1v) is 6.12. The van der Waals surface area contributed by atoms with Crippen molar-refractivity contribution in [3.05, 3.63) is 51.8 Å². The highest BCUT2D eigenvalue weighted by Crippen LogP contribution is 2.33. The van der Waals surface area contributed by atoms with Crippen molar-refractivity contribution in [3.63, 3.8) is 0 Å². The second kappa shape index (κ2) is 4.41. The average Bonchev–Trinajstić information content (AvgIpc) is 2.87. The third-order valence-electron chi connectivity index (χ3n) is 3.36. The van der Waals surface area contributed by atoms with Gasteiger partial charge in [0, 0.05) is 23.7 Å². The molecule has 0 amide bonds. The maximum Gasteiger partial charge on any atom is 0.269 e. The van der Waals surface area contributed by atoms with E-state index >= 15 is 0 Å². The predicted molar refractivity (Wildman–Crippen MR) is 75.5 cm³/mol. The van der Waals surface area contributed by atoms with Crippen molar-refractivity contribution < 1.29 is 4.92 Å². The molecule has 20 heavy (non-hydrogen) atoms. The van der Waals surface area contributed by atoms with E-state index in [0.29, 0.717) is 5.65 Å². The second-order valence-electron chi connectivity index (χ2n) is 4.70. The Kier molecular flexibility index (Phi) is 2.71. The van der Waals surface area contributed by atoms with Crippen LogP contribution in [0.1, 0.15) is 11.1 Å². The van der Waals surface area contributed by atoms with Crippen LogP contribution in [-0.2, 0) is 0 Å². The quantitative estimate of drug-likeness (QED) is 0.571. The van der Waals surface area contributed by atoms with Gasteiger partial charge in [-0.2, -0.15) is 5.10 Å². The van der Waals surface area contributed by atoms with E-state index < -0.39 is 0 Å². The molecule has 6 heteroatoms. The molecule has 2 heterocycles. The molecule has 0 bridgehead atoms. The molecular formula is C14H12N4O2. The zero-order chi connectivity index (χ0) is 14.3. The number of rotatable bonds is 2.